The van der Waals surface area contributed by atoms with E-state index < -0.39 is 0 Å². The van der Waals surface area contributed by atoms with Crippen LogP contribution in [0.3, 0.4) is 0 Å². The van der Waals surface area contributed by atoms with Crippen LogP contribution in [-0.2, 0) is 4.79 Å². The van der Waals surface area contributed by atoms with Crippen molar-refractivity contribution in [2.75, 3.05) is 24.7 Å². The van der Waals surface area contributed by atoms with E-state index >= 15 is 0 Å². The first kappa shape index (κ1) is 17.7. The third-order valence-electron chi connectivity index (χ3n) is 4.30. The van der Waals surface area contributed by atoms with Gasteiger partial charge in [0, 0.05) is 18.1 Å². The van der Waals surface area contributed by atoms with Crippen LogP contribution in [0.25, 0.3) is 0 Å². The third-order valence-corrected chi connectivity index (χ3v) is 7.40. The quantitative estimate of drug-likeness (QED) is 0.721. The summed E-state index contributed by atoms with van der Waals surface area (Å²) in [7, 11) is 0. The maximum Gasteiger partial charge on any atom is 0.257 e. The SMILES string of the molecule is O=C(COc1ccc(C2SCCS2)cc1)NCCC1=CCCCC1. The molecule has 1 saturated heterocycles. The number of rotatable bonds is 7. The molecule has 5 heteroatoms. The summed E-state index contributed by atoms with van der Waals surface area (Å²) in [5.41, 5.74) is 2.82. The maximum absolute atomic E-state index is 11.9. The van der Waals surface area contributed by atoms with Gasteiger partial charge in [0.05, 0.1) is 4.58 Å². The Morgan fingerprint density at radius 3 is 2.67 bits per heavy atom. The Bertz CT molecular complexity index is 565. The van der Waals surface area contributed by atoms with Crippen LogP contribution < -0.4 is 10.1 Å². The van der Waals surface area contributed by atoms with Gasteiger partial charge in [-0.3, -0.25) is 4.79 Å². The molecule has 1 aliphatic carbocycles. The van der Waals surface area contributed by atoms with Gasteiger partial charge in [0.2, 0.25) is 0 Å². The average Bonchev–Trinajstić information content (AvgIpc) is 3.16. The molecule has 1 heterocycles. The number of benzene rings is 1. The van der Waals surface area contributed by atoms with Crippen molar-refractivity contribution in [3.63, 3.8) is 0 Å². The van der Waals surface area contributed by atoms with Gasteiger partial charge in [-0.1, -0.05) is 23.8 Å². The van der Waals surface area contributed by atoms with Crippen LogP contribution in [0.4, 0.5) is 0 Å². The summed E-state index contributed by atoms with van der Waals surface area (Å²) in [6.07, 6.45) is 8.28. The predicted molar refractivity (Wildman–Crippen MR) is 104 cm³/mol. The minimum atomic E-state index is -0.0441. The van der Waals surface area contributed by atoms with E-state index in [4.69, 9.17) is 4.74 Å². The van der Waals surface area contributed by atoms with Gasteiger partial charge in [0.25, 0.3) is 5.91 Å². The second-order valence-electron chi connectivity index (χ2n) is 6.14. The van der Waals surface area contributed by atoms with Crippen LogP contribution in [-0.4, -0.2) is 30.6 Å². The van der Waals surface area contributed by atoms with Gasteiger partial charge in [-0.15, -0.1) is 23.5 Å². The molecule has 1 aromatic carbocycles. The Balaban J connectivity index is 1.35. The summed E-state index contributed by atoms with van der Waals surface area (Å²) in [4.78, 5) is 11.9. The Morgan fingerprint density at radius 2 is 1.96 bits per heavy atom. The molecule has 3 rings (SSSR count). The summed E-state index contributed by atoms with van der Waals surface area (Å²) in [6, 6.07) is 8.15. The highest BCUT2D eigenvalue weighted by Gasteiger charge is 2.18. The van der Waals surface area contributed by atoms with Crippen molar-refractivity contribution < 1.29 is 9.53 Å². The molecule has 0 spiro atoms. The van der Waals surface area contributed by atoms with Crippen LogP contribution >= 0.6 is 23.5 Å². The molecule has 1 fully saturated rings. The minimum absolute atomic E-state index is 0.0441. The van der Waals surface area contributed by atoms with Crippen LogP contribution in [0.15, 0.2) is 35.9 Å². The lowest BCUT2D eigenvalue weighted by Crippen LogP contribution is -2.30. The summed E-state index contributed by atoms with van der Waals surface area (Å²) >= 11 is 3.99. The van der Waals surface area contributed by atoms with Gasteiger partial charge >= 0.3 is 0 Å². The van der Waals surface area contributed by atoms with E-state index in [-0.39, 0.29) is 12.5 Å². The van der Waals surface area contributed by atoms with E-state index in [1.807, 2.05) is 35.7 Å². The van der Waals surface area contributed by atoms with Crippen molar-refractivity contribution in [1.82, 2.24) is 5.32 Å². The summed E-state index contributed by atoms with van der Waals surface area (Å²) < 4.78 is 6.14. The molecule has 1 amide bonds. The molecule has 0 atom stereocenters. The normalized spacial score (nSPS) is 18.2. The summed E-state index contributed by atoms with van der Waals surface area (Å²) in [6.45, 7) is 0.800. The average molecular weight is 364 g/mol. The van der Waals surface area contributed by atoms with Crippen molar-refractivity contribution in [3.8, 4) is 5.75 Å². The van der Waals surface area contributed by atoms with E-state index in [1.54, 1.807) is 0 Å². The van der Waals surface area contributed by atoms with Crippen molar-refractivity contribution in [1.29, 1.82) is 0 Å². The second-order valence-corrected chi connectivity index (χ2v) is 8.86. The van der Waals surface area contributed by atoms with Gasteiger partial charge in [-0.05, 0) is 49.8 Å². The van der Waals surface area contributed by atoms with Crippen LogP contribution in [0.5, 0.6) is 5.75 Å². The fourth-order valence-corrected chi connectivity index (χ4v) is 5.83. The van der Waals surface area contributed by atoms with Gasteiger partial charge < -0.3 is 10.1 Å². The largest absolute Gasteiger partial charge is 0.484 e. The minimum Gasteiger partial charge on any atom is -0.484 e. The molecule has 0 radical (unpaired) electrons. The van der Waals surface area contributed by atoms with Crippen molar-refractivity contribution in [2.24, 2.45) is 0 Å². The number of hydrogen-bond donors (Lipinski definition) is 1. The first-order valence-corrected chi connectivity index (χ1v) is 10.8. The van der Waals surface area contributed by atoms with E-state index in [9.17, 15) is 4.79 Å². The van der Waals surface area contributed by atoms with Crippen molar-refractivity contribution in [2.45, 2.75) is 36.7 Å². The van der Waals surface area contributed by atoms with Gasteiger partial charge in [-0.25, -0.2) is 0 Å². The van der Waals surface area contributed by atoms with Crippen LogP contribution in [0.1, 0.15) is 42.2 Å². The topological polar surface area (TPSA) is 38.3 Å². The molecular weight excluding hydrogens is 338 g/mol. The molecule has 0 saturated carbocycles. The summed E-state index contributed by atoms with van der Waals surface area (Å²) in [5.74, 6) is 3.17. The Hall–Kier alpha value is -1.07. The first-order valence-electron chi connectivity index (χ1n) is 8.72. The highest BCUT2D eigenvalue weighted by molar-refractivity contribution is 8.19. The zero-order valence-electron chi connectivity index (χ0n) is 14.0. The lowest BCUT2D eigenvalue weighted by molar-refractivity contribution is -0.123. The van der Waals surface area contributed by atoms with Crippen molar-refractivity contribution in [3.05, 3.63) is 41.5 Å². The molecule has 1 aromatic rings. The number of allylic oxidation sites excluding steroid dienone is 1. The molecule has 130 valence electrons. The molecule has 3 nitrogen and oxygen atoms in total. The number of carbonyl (C=O) groups is 1. The summed E-state index contributed by atoms with van der Waals surface area (Å²) in [5, 5.41) is 2.94. The Labute approximate surface area is 153 Å². The van der Waals surface area contributed by atoms with E-state index in [0.717, 1.165) is 12.2 Å². The number of thioether (sulfide) groups is 2. The lowest BCUT2D eigenvalue weighted by Gasteiger charge is -2.13. The lowest BCUT2D eigenvalue weighted by atomic mass is 9.97. The van der Waals surface area contributed by atoms with Crippen molar-refractivity contribution >= 4 is 29.4 Å². The number of carbonyl (C=O) groups excluding carboxylic acids is 1. The predicted octanol–water partition coefficient (Wildman–Crippen LogP) is 4.55. The zero-order valence-corrected chi connectivity index (χ0v) is 15.6. The fraction of sp³-hybridized carbons (Fsp3) is 0.526. The smallest absolute Gasteiger partial charge is 0.257 e. The van der Waals surface area contributed by atoms with E-state index in [1.165, 1.54) is 48.3 Å². The number of hydrogen-bond acceptors (Lipinski definition) is 4. The molecule has 0 bridgehead atoms. The Morgan fingerprint density at radius 1 is 1.17 bits per heavy atom. The van der Waals surface area contributed by atoms with Crippen LogP contribution in [0.2, 0.25) is 0 Å². The molecule has 1 N–H and O–H groups in total. The molecule has 1 aliphatic heterocycles. The molecular formula is C19H25NO2S2. The Kier molecular flexibility index (Phi) is 6.97. The number of amides is 1. The number of ether oxygens (including phenoxy) is 1. The first-order chi connectivity index (χ1) is 11.8. The highest BCUT2D eigenvalue weighted by atomic mass is 32.2. The second kappa shape index (κ2) is 9.42. The van der Waals surface area contributed by atoms with Gasteiger partial charge in [0.1, 0.15) is 5.75 Å². The maximum atomic E-state index is 11.9. The fourth-order valence-electron chi connectivity index (χ4n) is 2.97. The van der Waals surface area contributed by atoms with Gasteiger partial charge in [-0.2, -0.15) is 0 Å². The van der Waals surface area contributed by atoms with Gasteiger partial charge in [0.15, 0.2) is 6.61 Å². The molecule has 0 aromatic heterocycles. The highest BCUT2D eigenvalue weighted by Crippen LogP contribution is 2.45. The monoisotopic (exact) mass is 363 g/mol. The molecule has 24 heavy (non-hydrogen) atoms. The molecule has 2 aliphatic rings. The van der Waals surface area contributed by atoms with E-state index in [0.29, 0.717) is 11.1 Å². The van der Waals surface area contributed by atoms with E-state index in [2.05, 4.69) is 23.5 Å². The molecule has 0 unspecified atom stereocenters. The third kappa shape index (κ3) is 5.49. The van der Waals surface area contributed by atoms with Crippen LogP contribution in [0, 0.1) is 0 Å². The standard InChI is InChI=1S/C19H25NO2S2/c21-18(20-11-10-15-4-2-1-3-5-15)14-22-17-8-6-16(7-9-17)19-23-12-13-24-19/h4,6-9,19H,1-3,5,10-14H2,(H,20,21). The number of nitrogens with one attached hydrogen (secondary N) is 1. The zero-order chi connectivity index (χ0) is 16.6.